The number of benzene rings is 1. The van der Waals surface area contributed by atoms with Crippen LogP contribution >= 0.6 is 11.6 Å². The molecule has 2 amide bonds. The quantitative estimate of drug-likeness (QED) is 0.743. The zero-order chi connectivity index (χ0) is 15.2. The molecule has 0 bridgehead atoms. The smallest absolute Gasteiger partial charge is 0.319 e. The van der Waals surface area contributed by atoms with Crippen molar-refractivity contribution in [2.75, 3.05) is 18.5 Å². The molecule has 0 saturated heterocycles. The van der Waals surface area contributed by atoms with Gasteiger partial charge < -0.3 is 15.7 Å². The molecule has 5 nitrogen and oxygen atoms in total. The topological polar surface area (TPSA) is 74.2 Å². The summed E-state index contributed by atoms with van der Waals surface area (Å²) in [6.45, 7) is 2.54. The molecule has 112 valence electrons. The molecule has 0 atom stereocenters. The number of carbonyl (C=O) groups is 1. The van der Waals surface area contributed by atoms with Gasteiger partial charge in [-0.15, -0.1) is 0 Å². The van der Waals surface area contributed by atoms with Crippen LogP contribution in [0.3, 0.4) is 0 Å². The molecule has 1 heterocycles. The van der Waals surface area contributed by atoms with Crippen LogP contribution in [-0.4, -0.2) is 29.3 Å². The van der Waals surface area contributed by atoms with E-state index in [1.807, 2.05) is 19.1 Å². The SMILES string of the molecule is Cc1cnc2c(NC(=O)NCCCCO)cccc2c1Cl. The molecule has 3 N–H and O–H groups in total. The number of rotatable bonds is 5. The minimum Gasteiger partial charge on any atom is -0.396 e. The van der Waals surface area contributed by atoms with E-state index in [4.69, 9.17) is 16.7 Å². The highest BCUT2D eigenvalue weighted by Gasteiger charge is 2.09. The minimum absolute atomic E-state index is 0.133. The Bertz CT molecular complexity index is 646. The summed E-state index contributed by atoms with van der Waals surface area (Å²) in [5.74, 6) is 0. The monoisotopic (exact) mass is 307 g/mol. The number of hydrogen-bond donors (Lipinski definition) is 3. The first-order valence-corrected chi connectivity index (χ1v) is 7.21. The van der Waals surface area contributed by atoms with Gasteiger partial charge in [-0.05, 0) is 31.4 Å². The number of aryl methyl sites for hydroxylation is 1. The second-order valence-corrected chi connectivity index (χ2v) is 5.15. The van der Waals surface area contributed by atoms with Crippen LogP contribution in [0.25, 0.3) is 10.9 Å². The van der Waals surface area contributed by atoms with E-state index in [-0.39, 0.29) is 12.6 Å². The highest BCUT2D eigenvalue weighted by molar-refractivity contribution is 6.36. The third kappa shape index (κ3) is 3.83. The summed E-state index contributed by atoms with van der Waals surface area (Å²) < 4.78 is 0. The van der Waals surface area contributed by atoms with Crippen molar-refractivity contribution in [3.63, 3.8) is 0 Å². The Balaban J connectivity index is 2.12. The number of unbranched alkanes of at least 4 members (excludes halogenated alkanes) is 1. The molecule has 2 aromatic rings. The molecule has 0 spiro atoms. The van der Waals surface area contributed by atoms with E-state index in [1.165, 1.54) is 0 Å². The van der Waals surface area contributed by atoms with Crippen LogP contribution in [0.2, 0.25) is 5.02 Å². The van der Waals surface area contributed by atoms with E-state index < -0.39 is 0 Å². The van der Waals surface area contributed by atoms with Crippen LogP contribution in [0.4, 0.5) is 10.5 Å². The first kappa shape index (κ1) is 15.5. The summed E-state index contributed by atoms with van der Waals surface area (Å²) >= 11 is 6.26. The van der Waals surface area contributed by atoms with Crippen molar-refractivity contribution in [3.05, 3.63) is 35.0 Å². The number of hydrogen-bond acceptors (Lipinski definition) is 3. The Morgan fingerprint density at radius 3 is 2.95 bits per heavy atom. The maximum atomic E-state index is 11.8. The summed E-state index contributed by atoms with van der Waals surface area (Å²) in [6, 6.07) is 5.20. The van der Waals surface area contributed by atoms with E-state index in [1.54, 1.807) is 12.3 Å². The van der Waals surface area contributed by atoms with E-state index in [0.29, 0.717) is 29.2 Å². The van der Waals surface area contributed by atoms with Gasteiger partial charge in [-0.1, -0.05) is 23.7 Å². The van der Waals surface area contributed by atoms with Gasteiger partial charge in [-0.25, -0.2) is 4.79 Å². The van der Waals surface area contributed by atoms with Crippen molar-refractivity contribution in [2.24, 2.45) is 0 Å². The second-order valence-electron chi connectivity index (χ2n) is 4.77. The van der Waals surface area contributed by atoms with Gasteiger partial charge in [-0.2, -0.15) is 0 Å². The molecule has 2 rings (SSSR count). The molecule has 0 aliphatic rings. The lowest BCUT2D eigenvalue weighted by atomic mass is 10.1. The number of anilines is 1. The standard InChI is InChI=1S/C15H18ClN3O2/c1-10-9-18-14-11(13(10)16)5-4-6-12(14)19-15(21)17-7-2-3-8-20/h4-6,9,20H,2-3,7-8H2,1H3,(H2,17,19,21). The van der Waals surface area contributed by atoms with Gasteiger partial charge in [0.1, 0.15) is 0 Å². The summed E-state index contributed by atoms with van der Waals surface area (Å²) in [5, 5.41) is 15.7. The molecule has 6 heteroatoms. The number of nitrogens with one attached hydrogen (secondary N) is 2. The Hall–Kier alpha value is -1.85. The van der Waals surface area contributed by atoms with Crippen LogP contribution in [0, 0.1) is 6.92 Å². The molecule has 0 fully saturated rings. The molecule has 0 saturated carbocycles. The van der Waals surface area contributed by atoms with E-state index in [0.717, 1.165) is 17.4 Å². The van der Waals surface area contributed by atoms with Crippen molar-refractivity contribution in [2.45, 2.75) is 19.8 Å². The Morgan fingerprint density at radius 1 is 1.38 bits per heavy atom. The van der Waals surface area contributed by atoms with Crippen molar-refractivity contribution < 1.29 is 9.90 Å². The third-order valence-electron chi connectivity index (χ3n) is 3.12. The van der Waals surface area contributed by atoms with Gasteiger partial charge in [0.2, 0.25) is 0 Å². The third-order valence-corrected chi connectivity index (χ3v) is 3.63. The molecular weight excluding hydrogens is 290 g/mol. The molecule has 1 aromatic carbocycles. The van der Waals surface area contributed by atoms with Crippen molar-refractivity contribution in [1.29, 1.82) is 0 Å². The van der Waals surface area contributed by atoms with Gasteiger partial charge in [0.05, 0.1) is 16.2 Å². The number of halogens is 1. The van der Waals surface area contributed by atoms with Crippen LogP contribution in [-0.2, 0) is 0 Å². The van der Waals surface area contributed by atoms with Gasteiger partial charge in [0, 0.05) is 24.7 Å². The van der Waals surface area contributed by atoms with Gasteiger partial charge in [0.15, 0.2) is 0 Å². The lowest BCUT2D eigenvalue weighted by molar-refractivity contribution is 0.250. The maximum Gasteiger partial charge on any atom is 0.319 e. The average Bonchev–Trinajstić information content (AvgIpc) is 2.48. The number of fused-ring (bicyclic) bond motifs is 1. The normalized spacial score (nSPS) is 10.6. The predicted molar refractivity (Wildman–Crippen MR) is 84.8 cm³/mol. The maximum absolute atomic E-state index is 11.8. The number of amides is 2. The Kier molecular flexibility index (Phi) is 5.36. The summed E-state index contributed by atoms with van der Waals surface area (Å²) in [6.07, 6.45) is 3.10. The van der Waals surface area contributed by atoms with Gasteiger partial charge >= 0.3 is 6.03 Å². The molecule has 0 radical (unpaired) electrons. The fourth-order valence-corrected chi connectivity index (χ4v) is 2.20. The molecule has 0 aliphatic heterocycles. The van der Waals surface area contributed by atoms with Gasteiger partial charge in [-0.3, -0.25) is 4.98 Å². The number of para-hydroxylation sites is 1. The highest BCUT2D eigenvalue weighted by Crippen LogP contribution is 2.29. The van der Waals surface area contributed by atoms with Crippen LogP contribution in [0.15, 0.2) is 24.4 Å². The number of nitrogens with zero attached hydrogens (tertiary/aromatic N) is 1. The molecular formula is C15H18ClN3O2. The summed E-state index contributed by atoms with van der Waals surface area (Å²) in [5.41, 5.74) is 2.18. The predicted octanol–water partition coefficient (Wildman–Crippen LogP) is 3.09. The van der Waals surface area contributed by atoms with Crippen molar-refractivity contribution in [3.8, 4) is 0 Å². The molecule has 1 aromatic heterocycles. The lowest BCUT2D eigenvalue weighted by Gasteiger charge is -2.10. The first-order valence-electron chi connectivity index (χ1n) is 6.83. The Labute approximate surface area is 128 Å². The number of urea groups is 1. The number of pyridine rings is 1. The highest BCUT2D eigenvalue weighted by atomic mass is 35.5. The van der Waals surface area contributed by atoms with E-state index in [9.17, 15) is 4.79 Å². The number of carbonyl (C=O) groups excluding carboxylic acids is 1. The van der Waals surface area contributed by atoms with Crippen LogP contribution < -0.4 is 10.6 Å². The number of aliphatic hydroxyl groups is 1. The average molecular weight is 308 g/mol. The van der Waals surface area contributed by atoms with E-state index >= 15 is 0 Å². The fourth-order valence-electron chi connectivity index (χ4n) is 2.00. The summed E-state index contributed by atoms with van der Waals surface area (Å²) in [4.78, 5) is 16.2. The minimum atomic E-state index is -0.293. The zero-order valence-corrected chi connectivity index (χ0v) is 12.6. The van der Waals surface area contributed by atoms with Crippen LogP contribution in [0.1, 0.15) is 18.4 Å². The Morgan fingerprint density at radius 2 is 2.19 bits per heavy atom. The number of aromatic nitrogens is 1. The molecule has 21 heavy (non-hydrogen) atoms. The largest absolute Gasteiger partial charge is 0.396 e. The molecule has 0 unspecified atom stereocenters. The summed E-state index contributed by atoms with van der Waals surface area (Å²) in [7, 11) is 0. The molecule has 0 aliphatic carbocycles. The van der Waals surface area contributed by atoms with Gasteiger partial charge in [0.25, 0.3) is 0 Å². The fraction of sp³-hybridized carbons (Fsp3) is 0.333. The van der Waals surface area contributed by atoms with E-state index in [2.05, 4.69) is 15.6 Å². The zero-order valence-electron chi connectivity index (χ0n) is 11.8. The van der Waals surface area contributed by atoms with Crippen molar-refractivity contribution >= 4 is 34.2 Å². The first-order chi connectivity index (χ1) is 10.1. The number of aliphatic hydroxyl groups excluding tert-OH is 1. The van der Waals surface area contributed by atoms with Crippen molar-refractivity contribution in [1.82, 2.24) is 10.3 Å². The van der Waals surface area contributed by atoms with Crippen LogP contribution in [0.5, 0.6) is 0 Å². The lowest BCUT2D eigenvalue weighted by Crippen LogP contribution is -2.29. The second kappa shape index (κ2) is 7.24.